The fraction of sp³-hybridized carbons (Fsp3) is 0.263. The lowest BCUT2D eigenvalue weighted by atomic mass is 10.1. The van der Waals surface area contributed by atoms with Gasteiger partial charge in [0, 0.05) is 6.54 Å². The third kappa shape index (κ3) is 3.32. The van der Waals surface area contributed by atoms with Gasteiger partial charge in [-0.3, -0.25) is 9.59 Å². The van der Waals surface area contributed by atoms with E-state index in [0.717, 1.165) is 5.56 Å². The van der Waals surface area contributed by atoms with Crippen LogP contribution in [0.1, 0.15) is 22.3 Å². The zero-order valence-corrected chi connectivity index (χ0v) is 15.2. The number of hydrogen-bond acceptors (Lipinski definition) is 4. The van der Waals surface area contributed by atoms with Gasteiger partial charge >= 0.3 is 0 Å². The molecule has 3 rings (SSSR count). The number of aromatic hydroxyl groups is 1. The van der Waals surface area contributed by atoms with Crippen molar-refractivity contribution < 1.29 is 19.4 Å². The van der Waals surface area contributed by atoms with Gasteiger partial charge in [0.15, 0.2) is 11.5 Å². The molecule has 7 heteroatoms. The Balaban J connectivity index is 1.78. The molecule has 2 aromatic carbocycles. The zero-order chi connectivity index (χ0) is 18.8. The Labute approximate surface area is 156 Å². The Morgan fingerprint density at radius 3 is 2.77 bits per heavy atom. The van der Waals surface area contributed by atoms with Crippen molar-refractivity contribution in [2.45, 2.75) is 19.4 Å². The summed E-state index contributed by atoms with van der Waals surface area (Å²) in [6, 6.07) is 9.58. The van der Waals surface area contributed by atoms with E-state index in [1.807, 2.05) is 0 Å². The van der Waals surface area contributed by atoms with Gasteiger partial charge in [-0.25, -0.2) is 0 Å². The highest BCUT2D eigenvalue weighted by Gasteiger charge is 2.35. The molecule has 26 heavy (non-hydrogen) atoms. The van der Waals surface area contributed by atoms with Gasteiger partial charge in [0.2, 0.25) is 5.91 Å². The van der Waals surface area contributed by atoms with Crippen LogP contribution >= 0.6 is 11.6 Å². The normalized spacial score (nSPS) is 16.7. The molecule has 1 atom stereocenters. The van der Waals surface area contributed by atoms with E-state index in [1.165, 1.54) is 7.11 Å². The maximum Gasteiger partial charge on any atom is 0.255 e. The van der Waals surface area contributed by atoms with Crippen molar-refractivity contribution in [2.24, 2.45) is 0 Å². The molecule has 0 saturated carbocycles. The number of benzene rings is 2. The highest BCUT2D eigenvalue weighted by Crippen LogP contribution is 2.32. The van der Waals surface area contributed by atoms with Crippen molar-refractivity contribution >= 4 is 29.1 Å². The lowest BCUT2D eigenvalue weighted by molar-refractivity contribution is -0.118. The summed E-state index contributed by atoms with van der Waals surface area (Å²) in [5, 5.41) is 13.4. The first-order valence-corrected chi connectivity index (χ1v) is 8.54. The van der Waals surface area contributed by atoms with E-state index < -0.39 is 11.9 Å². The molecule has 1 aliphatic rings. The predicted octanol–water partition coefficient (Wildman–Crippen LogP) is 2.90. The molecule has 0 radical (unpaired) electrons. The Morgan fingerprint density at radius 1 is 1.35 bits per heavy atom. The molecule has 2 N–H and O–H groups in total. The number of amides is 2. The molecule has 2 amide bonds. The lowest BCUT2D eigenvalue weighted by Gasteiger charge is -2.18. The Bertz CT molecular complexity index is 869. The molecule has 0 aliphatic carbocycles. The van der Waals surface area contributed by atoms with Crippen LogP contribution < -0.4 is 15.0 Å². The van der Waals surface area contributed by atoms with Crippen molar-refractivity contribution in [1.82, 2.24) is 5.32 Å². The van der Waals surface area contributed by atoms with Crippen molar-refractivity contribution in [2.75, 3.05) is 18.6 Å². The van der Waals surface area contributed by atoms with Crippen molar-refractivity contribution in [3.8, 4) is 11.5 Å². The van der Waals surface area contributed by atoms with Crippen LogP contribution in [0.25, 0.3) is 0 Å². The minimum absolute atomic E-state index is 0.0749. The van der Waals surface area contributed by atoms with Crippen LogP contribution in [0.4, 0.5) is 5.69 Å². The number of carbonyl (C=O) groups is 2. The number of halogens is 1. The topological polar surface area (TPSA) is 78.9 Å². The number of carbonyl (C=O) groups excluding carboxylic acids is 2. The summed E-state index contributed by atoms with van der Waals surface area (Å²) in [4.78, 5) is 26.8. The number of phenols is 1. The molecular formula is C19H19ClN2O4. The maximum absolute atomic E-state index is 12.7. The van der Waals surface area contributed by atoms with Crippen LogP contribution in [0.3, 0.4) is 0 Å². The Hall–Kier alpha value is -2.73. The van der Waals surface area contributed by atoms with E-state index in [2.05, 4.69) is 5.32 Å². The number of phenolic OH excluding ortho intramolecular Hbond substituents is 1. The molecule has 0 aromatic heterocycles. The molecule has 1 saturated heterocycles. The number of rotatable bonds is 4. The third-order valence-corrected chi connectivity index (χ3v) is 4.66. The second kappa shape index (κ2) is 7.25. The molecule has 1 unspecified atom stereocenters. The number of para-hydroxylation sites is 1. The lowest BCUT2D eigenvalue weighted by Crippen LogP contribution is -2.41. The van der Waals surface area contributed by atoms with Gasteiger partial charge in [0.25, 0.3) is 5.91 Å². The molecule has 0 bridgehead atoms. The number of methoxy groups -OCH3 is 1. The summed E-state index contributed by atoms with van der Waals surface area (Å²) in [5.41, 5.74) is 1.46. The standard InChI is InChI=1S/C19H19ClN2O4/c1-11-9-12(17(23)16(10-11)26-2)18(24)21-14-7-8-22(19(14)25)15-6-4-3-5-13(15)20/h3-6,9-10,14,23H,7-8H2,1-2H3,(H,21,24). The average Bonchev–Trinajstić information content (AvgIpc) is 2.97. The van der Waals surface area contributed by atoms with E-state index in [9.17, 15) is 14.7 Å². The summed E-state index contributed by atoms with van der Waals surface area (Å²) < 4.78 is 5.08. The number of nitrogens with one attached hydrogen (secondary N) is 1. The number of anilines is 1. The summed E-state index contributed by atoms with van der Waals surface area (Å²) in [7, 11) is 1.41. The molecule has 1 heterocycles. The Morgan fingerprint density at radius 2 is 2.08 bits per heavy atom. The SMILES string of the molecule is COc1cc(C)cc(C(=O)NC2CCN(c3ccccc3Cl)C2=O)c1O. The fourth-order valence-corrected chi connectivity index (χ4v) is 3.27. The van der Waals surface area contributed by atoms with E-state index in [1.54, 1.807) is 48.2 Å². The minimum Gasteiger partial charge on any atom is -0.504 e. The average molecular weight is 375 g/mol. The molecular weight excluding hydrogens is 356 g/mol. The van der Waals surface area contributed by atoms with Gasteiger partial charge < -0.3 is 20.1 Å². The summed E-state index contributed by atoms with van der Waals surface area (Å²) in [6.07, 6.45) is 0.458. The van der Waals surface area contributed by atoms with Gasteiger partial charge in [-0.05, 0) is 43.2 Å². The van der Waals surface area contributed by atoms with Crippen molar-refractivity contribution in [3.05, 3.63) is 52.5 Å². The highest BCUT2D eigenvalue weighted by atomic mass is 35.5. The van der Waals surface area contributed by atoms with Crippen LogP contribution in [0.2, 0.25) is 5.02 Å². The van der Waals surface area contributed by atoms with Crippen molar-refractivity contribution in [3.63, 3.8) is 0 Å². The number of ether oxygens (including phenoxy) is 1. The molecule has 1 aliphatic heterocycles. The van der Waals surface area contributed by atoms with Gasteiger partial charge in [0.1, 0.15) is 6.04 Å². The number of hydrogen-bond donors (Lipinski definition) is 2. The summed E-state index contributed by atoms with van der Waals surface area (Å²) in [5.74, 6) is -0.788. The van der Waals surface area contributed by atoms with Crippen LogP contribution in [-0.4, -0.2) is 36.6 Å². The van der Waals surface area contributed by atoms with Gasteiger partial charge in [-0.2, -0.15) is 0 Å². The van der Waals surface area contributed by atoms with Crippen LogP contribution in [0, 0.1) is 6.92 Å². The first-order chi connectivity index (χ1) is 12.4. The highest BCUT2D eigenvalue weighted by molar-refractivity contribution is 6.34. The first-order valence-electron chi connectivity index (χ1n) is 8.16. The predicted molar refractivity (Wildman–Crippen MR) is 99.1 cm³/mol. The number of aryl methyl sites for hydroxylation is 1. The molecule has 2 aromatic rings. The van der Waals surface area contributed by atoms with E-state index >= 15 is 0 Å². The smallest absolute Gasteiger partial charge is 0.255 e. The van der Waals surface area contributed by atoms with Gasteiger partial charge in [0.05, 0.1) is 23.4 Å². The maximum atomic E-state index is 12.7. The van der Waals surface area contributed by atoms with Gasteiger partial charge in [-0.15, -0.1) is 0 Å². The minimum atomic E-state index is -0.676. The van der Waals surface area contributed by atoms with Crippen molar-refractivity contribution in [1.29, 1.82) is 0 Å². The van der Waals surface area contributed by atoms with E-state index in [0.29, 0.717) is 23.7 Å². The number of nitrogens with zero attached hydrogens (tertiary/aromatic N) is 1. The molecule has 0 spiro atoms. The zero-order valence-electron chi connectivity index (χ0n) is 14.5. The quantitative estimate of drug-likeness (QED) is 0.862. The molecule has 1 fully saturated rings. The third-order valence-electron chi connectivity index (χ3n) is 4.34. The first kappa shape index (κ1) is 18.1. The van der Waals surface area contributed by atoms with E-state index in [4.69, 9.17) is 16.3 Å². The fourth-order valence-electron chi connectivity index (χ4n) is 3.03. The van der Waals surface area contributed by atoms with Crippen LogP contribution in [0.15, 0.2) is 36.4 Å². The van der Waals surface area contributed by atoms with E-state index in [-0.39, 0.29) is 23.0 Å². The monoisotopic (exact) mass is 374 g/mol. The second-order valence-corrected chi connectivity index (χ2v) is 6.53. The summed E-state index contributed by atoms with van der Waals surface area (Å²) >= 11 is 6.16. The van der Waals surface area contributed by atoms with Gasteiger partial charge in [-0.1, -0.05) is 23.7 Å². The largest absolute Gasteiger partial charge is 0.504 e. The second-order valence-electron chi connectivity index (χ2n) is 6.12. The molecule has 136 valence electrons. The molecule has 6 nitrogen and oxygen atoms in total. The Kier molecular flexibility index (Phi) is 5.04. The van der Waals surface area contributed by atoms with Crippen LogP contribution in [-0.2, 0) is 4.79 Å². The summed E-state index contributed by atoms with van der Waals surface area (Å²) in [6.45, 7) is 2.25. The van der Waals surface area contributed by atoms with Crippen LogP contribution in [0.5, 0.6) is 11.5 Å².